The van der Waals surface area contributed by atoms with Gasteiger partial charge in [-0.3, -0.25) is 0 Å². The van der Waals surface area contributed by atoms with Crippen molar-refractivity contribution in [2.45, 2.75) is 0 Å². The molecule has 0 aliphatic heterocycles. The minimum absolute atomic E-state index is 0.850. The van der Waals surface area contributed by atoms with Crippen LogP contribution in [-0.4, -0.2) is 0 Å². The molecule has 0 bridgehead atoms. The van der Waals surface area contributed by atoms with Crippen LogP contribution in [0.4, 0.5) is 17.1 Å². The van der Waals surface area contributed by atoms with Crippen molar-refractivity contribution in [1.29, 1.82) is 0 Å². The van der Waals surface area contributed by atoms with E-state index in [-0.39, 0.29) is 0 Å². The second kappa shape index (κ2) is 14.8. The third kappa shape index (κ3) is 6.04. The summed E-state index contributed by atoms with van der Waals surface area (Å²) >= 11 is 0. The Hall–Kier alpha value is -8.20. The summed E-state index contributed by atoms with van der Waals surface area (Å²) in [6.07, 6.45) is 0. The molecule has 1 heterocycles. The second-order valence-corrected chi connectivity index (χ2v) is 16.0. The van der Waals surface area contributed by atoms with Crippen LogP contribution >= 0.6 is 0 Å². The van der Waals surface area contributed by atoms with Gasteiger partial charge in [-0.05, 0) is 114 Å². The molecule has 0 N–H and O–H groups in total. The molecule has 0 fully saturated rings. The molecule has 0 spiro atoms. The predicted molar refractivity (Wildman–Crippen MR) is 263 cm³/mol. The second-order valence-electron chi connectivity index (χ2n) is 16.0. The summed E-state index contributed by atoms with van der Waals surface area (Å²) in [5, 5.41) is 9.56. The van der Waals surface area contributed by atoms with Gasteiger partial charge in [0.15, 0.2) is 5.58 Å². The van der Waals surface area contributed by atoms with E-state index in [1.54, 1.807) is 0 Å². The van der Waals surface area contributed by atoms with E-state index in [2.05, 4.69) is 241 Å². The number of hydrogen-bond acceptors (Lipinski definition) is 2. The maximum atomic E-state index is 7.17. The molecule has 0 saturated heterocycles. The Morgan fingerprint density at radius 3 is 1.48 bits per heavy atom. The number of nitrogens with zero attached hydrogens (tertiary/aromatic N) is 1. The molecule has 2 nitrogen and oxygen atoms in total. The lowest BCUT2D eigenvalue weighted by Gasteiger charge is -2.26. The lowest BCUT2D eigenvalue weighted by atomic mass is 9.92. The molecule has 290 valence electrons. The summed E-state index contributed by atoms with van der Waals surface area (Å²) in [6, 6.07) is 85.2. The third-order valence-electron chi connectivity index (χ3n) is 12.4. The molecule has 1 aromatic heterocycles. The van der Waals surface area contributed by atoms with Gasteiger partial charge in [-0.25, -0.2) is 0 Å². The Morgan fingerprint density at radius 1 is 0.274 bits per heavy atom. The fourth-order valence-electron chi connectivity index (χ4n) is 9.46. The first-order valence-corrected chi connectivity index (χ1v) is 21.2. The largest absolute Gasteiger partial charge is 0.453 e. The highest BCUT2D eigenvalue weighted by Crippen LogP contribution is 2.47. The van der Waals surface area contributed by atoms with Crippen molar-refractivity contribution in [2.75, 3.05) is 4.90 Å². The number of hydrogen-bond donors (Lipinski definition) is 0. The van der Waals surface area contributed by atoms with E-state index in [0.717, 1.165) is 55.7 Å². The van der Waals surface area contributed by atoms with Gasteiger partial charge in [-0.15, -0.1) is 0 Å². The normalized spacial score (nSPS) is 11.5. The Morgan fingerprint density at radius 2 is 0.774 bits per heavy atom. The molecule has 0 atom stereocenters. The molecule has 0 amide bonds. The van der Waals surface area contributed by atoms with Gasteiger partial charge in [-0.1, -0.05) is 194 Å². The lowest BCUT2D eigenvalue weighted by molar-refractivity contribution is 0.670. The van der Waals surface area contributed by atoms with Crippen LogP contribution in [0.2, 0.25) is 0 Å². The molecule has 0 saturated carbocycles. The van der Waals surface area contributed by atoms with Gasteiger partial charge in [0.05, 0.1) is 5.69 Å². The topological polar surface area (TPSA) is 16.4 Å². The van der Waals surface area contributed by atoms with Crippen molar-refractivity contribution < 1.29 is 4.42 Å². The average molecular weight is 790 g/mol. The minimum Gasteiger partial charge on any atom is -0.453 e. The molecule has 0 aliphatic rings. The van der Waals surface area contributed by atoms with E-state index in [1.165, 1.54) is 60.1 Å². The van der Waals surface area contributed by atoms with Gasteiger partial charge >= 0.3 is 0 Å². The van der Waals surface area contributed by atoms with Crippen LogP contribution in [0, 0.1) is 0 Å². The van der Waals surface area contributed by atoms with Crippen molar-refractivity contribution in [3.05, 3.63) is 237 Å². The molecule has 0 radical (unpaired) electrons. The molecule has 12 rings (SSSR count). The van der Waals surface area contributed by atoms with Gasteiger partial charge in [0, 0.05) is 27.7 Å². The van der Waals surface area contributed by atoms with E-state index < -0.39 is 0 Å². The number of benzene rings is 11. The number of anilines is 3. The smallest absolute Gasteiger partial charge is 0.159 e. The summed E-state index contributed by atoms with van der Waals surface area (Å²) in [5.74, 6) is 0. The highest BCUT2D eigenvalue weighted by Gasteiger charge is 2.23. The number of furan rings is 1. The molecule has 0 unspecified atom stereocenters. The Bertz CT molecular complexity index is 3610. The molecule has 0 aliphatic carbocycles. The highest BCUT2D eigenvalue weighted by molar-refractivity contribution is 6.24. The summed E-state index contributed by atoms with van der Waals surface area (Å²) in [4.78, 5) is 2.34. The van der Waals surface area contributed by atoms with Crippen molar-refractivity contribution in [3.63, 3.8) is 0 Å². The first kappa shape index (κ1) is 35.7. The van der Waals surface area contributed by atoms with Crippen LogP contribution in [0.3, 0.4) is 0 Å². The van der Waals surface area contributed by atoms with E-state index in [9.17, 15) is 0 Å². The Kier molecular flexibility index (Phi) is 8.53. The van der Waals surface area contributed by atoms with Gasteiger partial charge < -0.3 is 9.32 Å². The van der Waals surface area contributed by atoms with Crippen LogP contribution in [0.1, 0.15) is 0 Å². The van der Waals surface area contributed by atoms with E-state index in [4.69, 9.17) is 4.42 Å². The predicted octanol–water partition coefficient (Wildman–Crippen LogP) is 17.2. The van der Waals surface area contributed by atoms with Gasteiger partial charge in [-0.2, -0.15) is 0 Å². The molecular weight excluding hydrogens is 751 g/mol. The van der Waals surface area contributed by atoms with Crippen LogP contribution in [-0.2, 0) is 0 Å². The highest BCUT2D eigenvalue weighted by atomic mass is 16.3. The van der Waals surface area contributed by atoms with Crippen molar-refractivity contribution in [1.82, 2.24) is 0 Å². The van der Waals surface area contributed by atoms with Gasteiger partial charge in [0.25, 0.3) is 0 Å². The summed E-state index contributed by atoms with van der Waals surface area (Å²) in [6.45, 7) is 0. The quantitative estimate of drug-likeness (QED) is 0.160. The first-order chi connectivity index (χ1) is 30.7. The van der Waals surface area contributed by atoms with E-state index in [0.29, 0.717) is 0 Å². The monoisotopic (exact) mass is 789 g/mol. The zero-order chi connectivity index (χ0) is 41.0. The average Bonchev–Trinajstić information content (AvgIpc) is 3.75. The summed E-state index contributed by atoms with van der Waals surface area (Å²) < 4.78 is 7.17. The standard InChI is InChI=1S/C60H39NO/c1-3-14-40(15-4-1)42-30-34-48(35-31-42)61(57-27-13-26-55-58-52-21-10-9-20-46(52)39-56(60(58)62-59(55)57)43-17-5-2-6-18-43)49-36-32-44(33-37-49)50-22-11-25-54-51(23-12-24-53(50)54)47-29-28-41-16-7-8-19-45(41)38-47/h1-39H. The minimum atomic E-state index is 0.850. The van der Waals surface area contributed by atoms with Crippen LogP contribution in [0.25, 0.3) is 98.8 Å². The molecule has 12 aromatic rings. The number of rotatable bonds is 7. The van der Waals surface area contributed by atoms with Crippen molar-refractivity contribution >= 4 is 71.3 Å². The van der Waals surface area contributed by atoms with E-state index >= 15 is 0 Å². The fraction of sp³-hybridized carbons (Fsp3) is 0. The van der Waals surface area contributed by atoms with Crippen LogP contribution in [0.5, 0.6) is 0 Å². The summed E-state index contributed by atoms with van der Waals surface area (Å²) in [5.41, 5.74) is 14.2. The van der Waals surface area contributed by atoms with Gasteiger partial charge in [0.2, 0.25) is 0 Å². The van der Waals surface area contributed by atoms with Crippen molar-refractivity contribution in [2.24, 2.45) is 0 Å². The molecule has 11 aromatic carbocycles. The molecule has 62 heavy (non-hydrogen) atoms. The lowest BCUT2D eigenvalue weighted by Crippen LogP contribution is -2.10. The summed E-state index contributed by atoms with van der Waals surface area (Å²) in [7, 11) is 0. The SMILES string of the molecule is c1ccc(-c2ccc(N(c3ccc(-c4cccc5c(-c6ccc7ccccc7c6)cccc45)cc3)c3cccc4c3oc3c(-c5ccccc5)cc5ccccc5c34)cc2)cc1. The number of para-hydroxylation sites is 1. The molecular formula is C60H39NO. The maximum Gasteiger partial charge on any atom is 0.159 e. The molecule has 2 heteroatoms. The van der Waals surface area contributed by atoms with Crippen molar-refractivity contribution in [3.8, 4) is 44.5 Å². The third-order valence-corrected chi connectivity index (χ3v) is 12.4. The maximum absolute atomic E-state index is 7.17. The van der Waals surface area contributed by atoms with Crippen LogP contribution < -0.4 is 4.90 Å². The van der Waals surface area contributed by atoms with Gasteiger partial charge in [0.1, 0.15) is 5.58 Å². The Labute approximate surface area is 360 Å². The fourth-order valence-corrected chi connectivity index (χ4v) is 9.46. The number of fused-ring (bicyclic) bond motifs is 7. The zero-order valence-corrected chi connectivity index (χ0v) is 33.9. The Balaban J connectivity index is 1.02. The first-order valence-electron chi connectivity index (χ1n) is 21.2. The zero-order valence-electron chi connectivity index (χ0n) is 33.9. The van der Waals surface area contributed by atoms with E-state index in [1.807, 2.05) is 0 Å². The van der Waals surface area contributed by atoms with Crippen LogP contribution in [0.15, 0.2) is 241 Å².